The summed E-state index contributed by atoms with van der Waals surface area (Å²) in [5, 5.41) is 0. The lowest BCUT2D eigenvalue weighted by molar-refractivity contribution is 0.0617. The van der Waals surface area contributed by atoms with E-state index in [1.54, 1.807) is 35.4 Å². The molecule has 2 aromatic heterocycles. The van der Waals surface area contributed by atoms with Gasteiger partial charge in [0.1, 0.15) is 5.56 Å². The molecule has 24 heavy (non-hydrogen) atoms. The van der Waals surface area contributed by atoms with Crippen LogP contribution in [0, 0.1) is 0 Å². The van der Waals surface area contributed by atoms with E-state index in [1.807, 2.05) is 4.90 Å². The zero-order chi connectivity index (χ0) is 16.9. The molecule has 2 aromatic rings. The standard InChI is InChI=1S/C17H19N3O4/c1-23-16-13(4-2-6-18-16)17(22)20-9-7-19(8-10-20)12-14(21)15-5-3-11-24-15/h2-6,11H,7-10,12H2,1H3. The van der Waals surface area contributed by atoms with E-state index >= 15 is 0 Å². The lowest BCUT2D eigenvalue weighted by Gasteiger charge is -2.34. The Hall–Kier alpha value is -2.67. The van der Waals surface area contributed by atoms with Gasteiger partial charge in [0.25, 0.3) is 5.91 Å². The van der Waals surface area contributed by atoms with Crippen LogP contribution in [0.25, 0.3) is 0 Å². The maximum atomic E-state index is 12.6. The third-order valence-electron chi connectivity index (χ3n) is 4.02. The summed E-state index contributed by atoms with van der Waals surface area (Å²) in [5.41, 5.74) is 0.458. The SMILES string of the molecule is COc1ncccc1C(=O)N1CCN(CC(=O)c2ccco2)CC1. The highest BCUT2D eigenvalue weighted by atomic mass is 16.5. The number of Topliss-reactive ketones (excluding diaryl/α,β-unsaturated/α-hetero) is 1. The highest BCUT2D eigenvalue weighted by Crippen LogP contribution is 2.17. The van der Waals surface area contributed by atoms with Gasteiger partial charge in [-0.05, 0) is 24.3 Å². The predicted molar refractivity (Wildman–Crippen MR) is 86.2 cm³/mol. The molecule has 1 aliphatic rings. The van der Waals surface area contributed by atoms with Crippen LogP contribution in [0.2, 0.25) is 0 Å². The third kappa shape index (κ3) is 3.46. The van der Waals surface area contributed by atoms with Gasteiger partial charge < -0.3 is 14.1 Å². The van der Waals surface area contributed by atoms with E-state index in [0.29, 0.717) is 49.9 Å². The van der Waals surface area contributed by atoms with Crippen molar-refractivity contribution in [2.75, 3.05) is 39.8 Å². The molecule has 0 unspecified atom stereocenters. The largest absolute Gasteiger partial charge is 0.480 e. The quantitative estimate of drug-likeness (QED) is 0.770. The van der Waals surface area contributed by atoms with Gasteiger partial charge in [-0.3, -0.25) is 14.5 Å². The molecular weight excluding hydrogens is 310 g/mol. The Balaban J connectivity index is 1.57. The van der Waals surface area contributed by atoms with Crippen LogP contribution in [0.1, 0.15) is 20.9 Å². The second-order valence-corrected chi connectivity index (χ2v) is 5.53. The van der Waals surface area contributed by atoms with Crippen LogP contribution < -0.4 is 4.74 Å². The molecule has 126 valence electrons. The molecule has 7 nitrogen and oxygen atoms in total. The number of ketones is 1. The highest BCUT2D eigenvalue weighted by Gasteiger charge is 2.26. The molecule has 1 fully saturated rings. The molecule has 3 heterocycles. The van der Waals surface area contributed by atoms with Gasteiger partial charge in [-0.15, -0.1) is 0 Å². The average molecular weight is 329 g/mol. The van der Waals surface area contributed by atoms with Crippen LogP contribution >= 0.6 is 0 Å². The van der Waals surface area contributed by atoms with Crippen LogP contribution in [0.15, 0.2) is 41.1 Å². The number of methoxy groups -OCH3 is 1. The summed E-state index contributed by atoms with van der Waals surface area (Å²) in [6.45, 7) is 2.69. The summed E-state index contributed by atoms with van der Waals surface area (Å²) in [6.07, 6.45) is 3.08. The van der Waals surface area contributed by atoms with Gasteiger partial charge in [-0.25, -0.2) is 4.98 Å². The normalized spacial score (nSPS) is 15.3. The number of amides is 1. The van der Waals surface area contributed by atoms with Crippen molar-refractivity contribution in [1.29, 1.82) is 0 Å². The monoisotopic (exact) mass is 329 g/mol. The van der Waals surface area contributed by atoms with Gasteiger partial charge in [-0.1, -0.05) is 0 Å². The van der Waals surface area contributed by atoms with Gasteiger partial charge in [-0.2, -0.15) is 0 Å². The summed E-state index contributed by atoms with van der Waals surface area (Å²) >= 11 is 0. The Labute approximate surface area is 139 Å². The second kappa shape index (κ2) is 7.27. The van der Waals surface area contributed by atoms with E-state index in [2.05, 4.69) is 4.98 Å². The maximum Gasteiger partial charge on any atom is 0.259 e. The first-order valence-corrected chi connectivity index (χ1v) is 7.76. The number of pyridine rings is 1. The van der Waals surface area contributed by atoms with Crippen LogP contribution in [0.5, 0.6) is 5.88 Å². The van der Waals surface area contributed by atoms with Crippen molar-refractivity contribution >= 4 is 11.7 Å². The fourth-order valence-corrected chi connectivity index (χ4v) is 2.71. The average Bonchev–Trinajstić information content (AvgIpc) is 3.16. The number of nitrogens with zero attached hydrogens (tertiary/aromatic N) is 3. The highest BCUT2D eigenvalue weighted by molar-refractivity contribution is 5.96. The molecule has 0 bridgehead atoms. The van der Waals surface area contributed by atoms with E-state index in [1.165, 1.54) is 13.4 Å². The van der Waals surface area contributed by atoms with Gasteiger partial charge in [0.05, 0.1) is 19.9 Å². The van der Waals surface area contributed by atoms with Crippen molar-refractivity contribution in [1.82, 2.24) is 14.8 Å². The molecule has 0 radical (unpaired) electrons. The number of carbonyl (C=O) groups excluding carboxylic acids is 2. The number of carbonyl (C=O) groups is 2. The number of hydrogen-bond acceptors (Lipinski definition) is 6. The van der Waals surface area contributed by atoms with E-state index in [-0.39, 0.29) is 11.7 Å². The van der Waals surface area contributed by atoms with Gasteiger partial charge in [0.15, 0.2) is 5.76 Å². The molecule has 1 saturated heterocycles. The fraction of sp³-hybridized carbons (Fsp3) is 0.353. The van der Waals surface area contributed by atoms with E-state index in [4.69, 9.17) is 9.15 Å². The smallest absolute Gasteiger partial charge is 0.259 e. The Morgan fingerprint density at radius 3 is 2.67 bits per heavy atom. The number of piperazine rings is 1. The molecule has 0 spiro atoms. The number of rotatable bonds is 5. The third-order valence-corrected chi connectivity index (χ3v) is 4.02. The van der Waals surface area contributed by atoms with Gasteiger partial charge >= 0.3 is 0 Å². The Morgan fingerprint density at radius 1 is 1.21 bits per heavy atom. The Morgan fingerprint density at radius 2 is 2.00 bits per heavy atom. The zero-order valence-electron chi connectivity index (χ0n) is 13.5. The number of ether oxygens (including phenoxy) is 1. The molecule has 0 atom stereocenters. The molecule has 0 aromatic carbocycles. The minimum atomic E-state index is -0.100. The van der Waals surface area contributed by atoms with Crippen LogP contribution in [-0.4, -0.2) is 66.3 Å². The van der Waals surface area contributed by atoms with Crippen LogP contribution in [0.4, 0.5) is 0 Å². The number of hydrogen-bond donors (Lipinski definition) is 0. The van der Waals surface area contributed by atoms with E-state index in [9.17, 15) is 9.59 Å². The molecule has 0 saturated carbocycles. The van der Waals surface area contributed by atoms with Gasteiger partial charge in [0, 0.05) is 32.4 Å². The Kier molecular flexibility index (Phi) is 4.90. The van der Waals surface area contributed by atoms with Crippen LogP contribution in [-0.2, 0) is 0 Å². The summed E-state index contributed by atoms with van der Waals surface area (Å²) in [5.74, 6) is 0.553. The maximum absolute atomic E-state index is 12.6. The molecular formula is C17H19N3O4. The predicted octanol–water partition coefficient (Wildman–Crippen LogP) is 1.32. The first kappa shape index (κ1) is 16.2. The number of furan rings is 1. The van der Waals surface area contributed by atoms with Crippen molar-refractivity contribution < 1.29 is 18.7 Å². The van der Waals surface area contributed by atoms with Gasteiger partial charge in [0.2, 0.25) is 11.7 Å². The van der Waals surface area contributed by atoms with Crippen molar-refractivity contribution in [3.8, 4) is 5.88 Å². The summed E-state index contributed by atoms with van der Waals surface area (Å²) in [6, 6.07) is 6.79. The molecule has 3 rings (SSSR count). The second-order valence-electron chi connectivity index (χ2n) is 5.53. The molecule has 0 N–H and O–H groups in total. The zero-order valence-corrected chi connectivity index (χ0v) is 13.5. The molecule has 0 aliphatic carbocycles. The summed E-state index contributed by atoms with van der Waals surface area (Å²) < 4.78 is 10.3. The van der Waals surface area contributed by atoms with E-state index < -0.39 is 0 Å². The molecule has 7 heteroatoms. The molecule has 1 amide bonds. The van der Waals surface area contributed by atoms with Crippen molar-refractivity contribution in [3.05, 3.63) is 48.0 Å². The van der Waals surface area contributed by atoms with Crippen molar-refractivity contribution in [2.24, 2.45) is 0 Å². The number of aromatic nitrogens is 1. The lowest BCUT2D eigenvalue weighted by Crippen LogP contribution is -2.50. The van der Waals surface area contributed by atoms with E-state index in [0.717, 1.165) is 0 Å². The van der Waals surface area contributed by atoms with Crippen LogP contribution in [0.3, 0.4) is 0 Å². The summed E-state index contributed by atoms with van der Waals surface area (Å²) in [4.78, 5) is 32.5. The first-order valence-electron chi connectivity index (χ1n) is 7.76. The minimum absolute atomic E-state index is 0.0475. The molecule has 1 aliphatic heterocycles. The Bertz CT molecular complexity index is 706. The topological polar surface area (TPSA) is 75.9 Å². The van der Waals surface area contributed by atoms with Crippen molar-refractivity contribution in [3.63, 3.8) is 0 Å². The fourth-order valence-electron chi connectivity index (χ4n) is 2.71. The lowest BCUT2D eigenvalue weighted by atomic mass is 10.2. The first-order chi connectivity index (χ1) is 11.7. The summed E-state index contributed by atoms with van der Waals surface area (Å²) in [7, 11) is 1.50. The van der Waals surface area contributed by atoms with Crippen molar-refractivity contribution in [2.45, 2.75) is 0 Å². The minimum Gasteiger partial charge on any atom is -0.480 e.